The van der Waals surface area contributed by atoms with Gasteiger partial charge in [-0.15, -0.1) is 11.8 Å². The molecule has 140 valence electrons. The molecule has 0 spiro atoms. The molecule has 0 aromatic carbocycles. The maximum Gasteiger partial charge on any atom is 0.329 e. The Hall–Kier alpha value is -0.790. The van der Waals surface area contributed by atoms with Gasteiger partial charge in [0.2, 0.25) is 5.91 Å². The SMILES string of the molecule is CCCCCC(O)CCC1SCC(=O)N1CCCCOCC(=O)O. The van der Waals surface area contributed by atoms with Gasteiger partial charge in [-0.3, -0.25) is 4.79 Å². The van der Waals surface area contributed by atoms with Gasteiger partial charge in [-0.05, 0) is 32.1 Å². The van der Waals surface area contributed by atoms with Crippen LogP contribution in [0.3, 0.4) is 0 Å². The second-order valence-electron chi connectivity index (χ2n) is 6.23. The van der Waals surface area contributed by atoms with Crippen LogP contribution in [0.1, 0.15) is 58.3 Å². The number of amides is 1. The molecule has 0 saturated carbocycles. The Kier molecular flexibility index (Phi) is 11.1. The Labute approximate surface area is 148 Å². The van der Waals surface area contributed by atoms with Crippen molar-refractivity contribution in [2.45, 2.75) is 69.8 Å². The molecule has 2 N–H and O–H groups in total. The molecule has 6 nitrogen and oxygen atoms in total. The predicted molar refractivity (Wildman–Crippen MR) is 95.0 cm³/mol. The van der Waals surface area contributed by atoms with Gasteiger partial charge in [-0.1, -0.05) is 26.2 Å². The number of carboxylic acid groups (broad SMARTS) is 1. The fourth-order valence-electron chi connectivity index (χ4n) is 2.76. The zero-order valence-electron chi connectivity index (χ0n) is 14.6. The average Bonchev–Trinajstić information content (AvgIpc) is 2.89. The van der Waals surface area contributed by atoms with Crippen molar-refractivity contribution in [3.8, 4) is 0 Å². The van der Waals surface area contributed by atoms with Gasteiger partial charge < -0.3 is 19.8 Å². The standard InChI is InChI=1S/C17H31NO5S/c1-2-3-4-7-14(19)8-9-16-18(15(20)13-24-16)10-5-6-11-23-12-17(21)22/h14,16,19H,2-13H2,1H3,(H,21,22). The van der Waals surface area contributed by atoms with E-state index in [9.17, 15) is 14.7 Å². The maximum atomic E-state index is 12.0. The Morgan fingerprint density at radius 2 is 2.12 bits per heavy atom. The molecule has 2 unspecified atom stereocenters. The molecule has 1 heterocycles. The third kappa shape index (κ3) is 8.89. The van der Waals surface area contributed by atoms with E-state index in [2.05, 4.69) is 6.92 Å². The normalized spacial score (nSPS) is 19.0. The molecule has 1 amide bonds. The first kappa shape index (κ1) is 21.3. The quantitative estimate of drug-likeness (QED) is 0.462. The van der Waals surface area contributed by atoms with Crippen LogP contribution in [0.15, 0.2) is 0 Å². The summed E-state index contributed by atoms with van der Waals surface area (Å²) >= 11 is 1.66. The van der Waals surface area contributed by atoms with Crippen LogP contribution in [-0.4, -0.2) is 64.0 Å². The Morgan fingerprint density at radius 3 is 2.83 bits per heavy atom. The second-order valence-corrected chi connectivity index (χ2v) is 7.40. The molecule has 0 aliphatic carbocycles. The van der Waals surface area contributed by atoms with E-state index in [-0.39, 0.29) is 24.0 Å². The molecule has 7 heteroatoms. The van der Waals surface area contributed by atoms with Crippen molar-refractivity contribution >= 4 is 23.6 Å². The number of nitrogens with zero attached hydrogens (tertiary/aromatic N) is 1. The number of ether oxygens (including phenoxy) is 1. The zero-order valence-corrected chi connectivity index (χ0v) is 15.4. The minimum atomic E-state index is -0.960. The first-order valence-electron chi connectivity index (χ1n) is 8.93. The van der Waals surface area contributed by atoms with Gasteiger partial charge in [-0.2, -0.15) is 0 Å². The Balaban J connectivity index is 2.19. The molecule has 1 rings (SSSR count). The van der Waals surface area contributed by atoms with E-state index in [1.807, 2.05) is 4.90 Å². The Morgan fingerprint density at radius 1 is 1.33 bits per heavy atom. The highest BCUT2D eigenvalue weighted by Gasteiger charge is 2.31. The molecule has 0 aromatic heterocycles. The number of carbonyl (C=O) groups is 2. The van der Waals surface area contributed by atoms with Crippen LogP contribution in [0.25, 0.3) is 0 Å². The van der Waals surface area contributed by atoms with E-state index < -0.39 is 5.97 Å². The van der Waals surface area contributed by atoms with E-state index in [1.165, 1.54) is 0 Å². The average molecular weight is 362 g/mol. The number of hydrogen-bond acceptors (Lipinski definition) is 5. The first-order valence-corrected chi connectivity index (χ1v) is 9.98. The largest absolute Gasteiger partial charge is 0.480 e. The molecule has 1 aliphatic heterocycles. The van der Waals surface area contributed by atoms with Crippen molar-refractivity contribution in [3.63, 3.8) is 0 Å². The minimum absolute atomic E-state index is 0.164. The summed E-state index contributed by atoms with van der Waals surface area (Å²) in [7, 11) is 0. The number of rotatable bonds is 14. The third-order valence-corrected chi connectivity index (χ3v) is 5.41. The minimum Gasteiger partial charge on any atom is -0.480 e. The van der Waals surface area contributed by atoms with Crippen molar-refractivity contribution < 1.29 is 24.5 Å². The summed E-state index contributed by atoms with van der Waals surface area (Å²) in [6.07, 6.45) is 7.09. The number of thioether (sulfide) groups is 1. The van der Waals surface area contributed by atoms with Crippen LogP contribution in [0, 0.1) is 0 Å². The van der Waals surface area contributed by atoms with Crippen molar-refractivity contribution in [1.82, 2.24) is 4.90 Å². The summed E-state index contributed by atoms with van der Waals surface area (Å²) in [6.45, 7) is 2.97. The highest BCUT2D eigenvalue weighted by Crippen LogP contribution is 2.29. The predicted octanol–water partition coefficient (Wildman–Crippen LogP) is 2.49. The summed E-state index contributed by atoms with van der Waals surface area (Å²) in [6, 6.07) is 0. The lowest BCUT2D eigenvalue weighted by atomic mass is 10.1. The van der Waals surface area contributed by atoms with E-state index in [0.717, 1.165) is 51.4 Å². The van der Waals surface area contributed by atoms with E-state index in [4.69, 9.17) is 9.84 Å². The number of unbranched alkanes of at least 4 members (excludes halogenated alkanes) is 3. The lowest BCUT2D eigenvalue weighted by Gasteiger charge is -2.24. The van der Waals surface area contributed by atoms with Crippen molar-refractivity contribution in [1.29, 1.82) is 0 Å². The van der Waals surface area contributed by atoms with Gasteiger partial charge >= 0.3 is 5.97 Å². The van der Waals surface area contributed by atoms with Crippen molar-refractivity contribution in [3.05, 3.63) is 0 Å². The van der Waals surface area contributed by atoms with Crippen LogP contribution < -0.4 is 0 Å². The molecule has 1 aliphatic rings. The monoisotopic (exact) mass is 361 g/mol. The topological polar surface area (TPSA) is 87.1 Å². The van der Waals surface area contributed by atoms with Gasteiger partial charge in [0, 0.05) is 13.2 Å². The van der Waals surface area contributed by atoms with Gasteiger partial charge in [0.1, 0.15) is 6.61 Å². The van der Waals surface area contributed by atoms with Crippen molar-refractivity contribution in [2.24, 2.45) is 0 Å². The smallest absolute Gasteiger partial charge is 0.329 e. The van der Waals surface area contributed by atoms with Gasteiger partial charge in [-0.25, -0.2) is 4.79 Å². The van der Waals surface area contributed by atoms with Gasteiger partial charge in [0.25, 0.3) is 0 Å². The number of carboxylic acids is 1. The Bertz CT molecular complexity index is 380. The van der Waals surface area contributed by atoms with Crippen molar-refractivity contribution in [2.75, 3.05) is 25.5 Å². The third-order valence-electron chi connectivity index (χ3n) is 4.12. The fourth-order valence-corrected chi connectivity index (χ4v) is 3.97. The van der Waals surface area contributed by atoms with E-state index >= 15 is 0 Å². The number of carbonyl (C=O) groups excluding carboxylic acids is 1. The molecule has 24 heavy (non-hydrogen) atoms. The van der Waals surface area contributed by atoms with Crippen LogP contribution in [-0.2, 0) is 14.3 Å². The molecule has 1 fully saturated rings. The zero-order chi connectivity index (χ0) is 17.8. The molecular weight excluding hydrogens is 330 g/mol. The molecular formula is C17H31NO5S. The van der Waals surface area contributed by atoms with Gasteiger partial charge in [0.05, 0.1) is 17.2 Å². The number of aliphatic carboxylic acids is 1. The maximum absolute atomic E-state index is 12.0. The van der Waals surface area contributed by atoms with Crippen LogP contribution in [0.2, 0.25) is 0 Å². The molecule has 1 saturated heterocycles. The highest BCUT2D eigenvalue weighted by atomic mass is 32.2. The molecule has 0 radical (unpaired) electrons. The number of aliphatic hydroxyl groups excluding tert-OH is 1. The van der Waals surface area contributed by atoms with Crippen LogP contribution in [0.4, 0.5) is 0 Å². The summed E-state index contributed by atoms with van der Waals surface area (Å²) < 4.78 is 5.00. The van der Waals surface area contributed by atoms with Crippen LogP contribution in [0.5, 0.6) is 0 Å². The lowest BCUT2D eigenvalue weighted by Crippen LogP contribution is -2.34. The summed E-state index contributed by atoms with van der Waals surface area (Å²) in [4.78, 5) is 24.2. The first-order chi connectivity index (χ1) is 11.5. The fraction of sp³-hybridized carbons (Fsp3) is 0.882. The highest BCUT2D eigenvalue weighted by molar-refractivity contribution is 8.00. The van der Waals surface area contributed by atoms with Gasteiger partial charge in [0.15, 0.2) is 0 Å². The molecule has 0 bridgehead atoms. The van der Waals surface area contributed by atoms with E-state index in [0.29, 0.717) is 18.9 Å². The molecule has 2 atom stereocenters. The number of aliphatic hydroxyl groups is 1. The summed E-state index contributed by atoms with van der Waals surface area (Å²) in [5.41, 5.74) is 0. The second kappa shape index (κ2) is 12.6. The molecule has 0 aromatic rings. The van der Waals surface area contributed by atoms with Crippen LogP contribution >= 0.6 is 11.8 Å². The summed E-state index contributed by atoms with van der Waals surface area (Å²) in [5, 5.41) is 18.7. The lowest BCUT2D eigenvalue weighted by molar-refractivity contribution is -0.142. The van der Waals surface area contributed by atoms with E-state index in [1.54, 1.807) is 11.8 Å². The number of hydrogen-bond donors (Lipinski definition) is 2. The summed E-state index contributed by atoms with van der Waals surface area (Å²) in [5.74, 6) is -0.276.